The van der Waals surface area contributed by atoms with Crippen LogP contribution in [0.25, 0.3) is 0 Å². The summed E-state index contributed by atoms with van der Waals surface area (Å²) in [6.07, 6.45) is 0. The monoisotopic (exact) mass is 449 g/mol. The zero-order valence-corrected chi connectivity index (χ0v) is 19.3. The fraction of sp³-hybridized carbons (Fsp3) is 0.231. The van der Waals surface area contributed by atoms with Gasteiger partial charge in [-0.3, -0.25) is 14.5 Å². The van der Waals surface area contributed by atoms with Crippen LogP contribution in [0, 0.1) is 0 Å². The molecule has 3 aromatic rings. The van der Waals surface area contributed by atoms with E-state index in [4.69, 9.17) is 11.6 Å². The summed E-state index contributed by atoms with van der Waals surface area (Å²) in [5.74, 6) is -0.239. The summed E-state index contributed by atoms with van der Waals surface area (Å²) in [5.41, 5.74) is 3.21. The molecule has 3 rings (SSSR count). The van der Waals surface area contributed by atoms with Crippen molar-refractivity contribution in [3.63, 3.8) is 0 Å². The number of amides is 2. The second kappa shape index (κ2) is 10.9. The lowest BCUT2D eigenvalue weighted by Crippen LogP contribution is -2.37. The molecule has 0 fully saturated rings. The van der Waals surface area contributed by atoms with Crippen molar-refractivity contribution in [1.29, 1.82) is 0 Å². The first-order valence-electron chi connectivity index (χ1n) is 10.6. The molecule has 0 heterocycles. The van der Waals surface area contributed by atoms with Crippen molar-refractivity contribution in [1.82, 2.24) is 10.2 Å². The Balaban J connectivity index is 1.60. The van der Waals surface area contributed by atoms with E-state index >= 15 is 0 Å². The van der Waals surface area contributed by atoms with Gasteiger partial charge in [-0.15, -0.1) is 0 Å². The van der Waals surface area contributed by atoms with E-state index in [9.17, 15) is 9.59 Å². The first-order chi connectivity index (χ1) is 15.3. The molecule has 0 saturated carbocycles. The molecule has 32 heavy (non-hydrogen) atoms. The van der Waals surface area contributed by atoms with E-state index in [0.29, 0.717) is 16.3 Å². The molecule has 2 N–H and O–H groups in total. The van der Waals surface area contributed by atoms with E-state index in [1.165, 1.54) is 0 Å². The van der Waals surface area contributed by atoms with Gasteiger partial charge >= 0.3 is 0 Å². The summed E-state index contributed by atoms with van der Waals surface area (Å²) in [6.45, 7) is 4.18. The average molecular weight is 450 g/mol. The molecule has 166 valence electrons. The maximum absolute atomic E-state index is 12.6. The first kappa shape index (κ1) is 23.5. The van der Waals surface area contributed by atoms with Crippen molar-refractivity contribution in [3.05, 3.63) is 101 Å². The summed E-state index contributed by atoms with van der Waals surface area (Å²) in [5, 5.41) is 6.58. The van der Waals surface area contributed by atoms with Gasteiger partial charge in [-0.2, -0.15) is 0 Å². The standard InChI is InChI=1S/C26H28ClN3O2/c1-18(23-14-7-8-15-24(23)27)28-25(31)17-30(3)19(2)21-12-9-13-22(16-21)29-26(32)20-10-5-4-6-11-20/h4-16,18-19H,17H2,1-3H3,(H,28,31)(H,29,32)/t18-,19+/m0/s1. The number of anilines is 1. The molecule has 3 aromatic carbocycles. The summed E-state index contributed by atoms with van der Waals surface area (Å²) in [4.78, 5) is 27.0. The molecule has 0 radical (unpaired) electrons. The Kier molecular flexibility index (Phi) is 8.03. The second-order valence-corrected chi connectivity index (χ2v) is 8.25. The van der Waals surface area contributed by atoms with Gasteiger partial charge in [0.25, 0.3) is 5.91 Å². The van der Waals surface area contributed by atoms with E-state index < -0.39 is 0 Å². The lowest BCUT2D eigenvalue weighted by atomic mass is 10.1. The Bertz CT molecular complexity index is 1070. The molecule has 2 amide bonds. The molecule has 2 atom stereocenters. The number of hydrogen-bond acceptors (Lipinski definition) is 3. The fourth-order valence-electron chi connectivity index (χ4n) is 3.48. The van der Waals surface area contributed by atoms with Gasteiger partial charge < -0.3 is 10.6 Å². The van der Waals surface area contributed by atoms with Gasteiger partial charge in [-0.1, -0.05) is 60.1 Å². The maximum atomic E-state index is 12.6. The molecular weight excluding hydrogens is 422 g/mol. The molecule has 0 spiro atoms. The van der Waals surface area contributed by atoms with Gasteiger partial charge in [-0.05, 0) is 62.4 Å². The van der Waals surface area contributed by atoms with Crippen molar-refractivity contribution in [3.8, 4) is 0 Å². The van der Waals surface area contributed by atoms with Gasteiger partial charge in [0.05, 0.1) is 12.6 Å². The van der Waals surface area contributed by atoms with Gasteiger partial charge in [0.2, 0.25) is 5.91 Å². The topological polar surface area (TPSA) is 61.4 Å². The molecule has 5 nitrogen and oxygen atoms in total. The van der Waals surface area contributed by atoms with E-state index in [2.05, 4.69) is 10.6 Å². The molecule has 0 aliphatic heterocycles. The van der Waals surface area contributed by atoms with Crippen LogP contribution in [-0.4, -0.2) is 30.3 Å². The summed E-state index contributed by atoms with van der Waals surface area (Å²) >= 11 is 6.24. The van der Waals surface area contributed by atoms with Crippen LogP contribution in [0.1, 0.15) is 47.4 Å². The predicted molar refractivity (Wildman–Crippen MR) is 130 cm³/mol. The largest absolute Gasteiger partial charge is 0.348 e. The van der Waals surface area contributed by atoms with Crippen LogP contribution < -0.4 is 10.6 Å². The SMILES string of the molecule is C[C@H](NC(=O)CN(C)[C@H](C)c1cccc(NC(=O)c2ccccc2)c1)c1ccccc1Cl. The van der Waals surface area contributed by atoms with E-state index in [-0.39, 0.29) is 30.4 Å². The number of halogens is 1. The normalized spacial score (nSPS) is 12.8. The number of carbonyl (C=O) groups excluding carboxylic acids is 2. The number of hydrogen-bond donors (Lipinski definition) is 2. The predicted octanol–water partition coefficient (Wildman–Crippen LogP) is 5.46. The highest BCUT2D eigenvalue weighted by Gasteiger charge is 2.18. The van der Waals surface area contributed by atoms with Crippen LogP contribution in [0.4, 0.5) is 5.69 Å². The molecule has 0 aliphatic carbocycles. The smallest absolute Gasteiger partial charge is 0.255 e. The first-order valence-corrected chi connectivity index (χ1v) is 10.9. The quantitative estimate of drug-likeness (QED) is 0.479. The van der Waals surface area contributed by atoms with Crippen molar-refractivity contribution in [2.45, 2.75) is 25.9 Å². The Morgan fingerprint density at radius 1 is 0.938 bits per heavy atom. The summed E-state index contributed by atoms with van der Waals surface area (Å²) in [6, 6.07) is 24.1. The molecule has 6 heteroatoms. The van der Waals surface area contributed by atoms with Crippen LogP contribution in [0.3, 0.4) is 0 Å². The van der Waals surface area contributed by atoms with Gasteiger partial charge in [-0.25, -0.2) is 0 Å². The number of rotatable bonds is 8. The highest BCUT2D eigenvalue weighted by Crippen LogP contribution is 2.24. The second-order valence-electron chi connectivity index (χ2n) is 7.85. The third-order valence-corrected chi connectivity index (χ3v) is 5.81. The minimum absolute atomic E-state index is 0.0232. The van der Waals surface area contributed by atoms with Gasteiger partial charge in [0.1, 0.15) is 0 Å². The summed E-state index contributed by atoms with van der Waals surface area (Å²) in [7, 11) is 1.90. The highest BCUT2D eigenvalue weighted by atomic mass is 35.5. The highest BCUT2D eigenvalue weighted by molar-refractivity contribution is 6.31. The molecule has 0 bridgehead atoms. The Hall–Kier alpha value is -3.15. The Labute approximate surface area is 194 Å². The summed E-state index contributed by atoms with van der Waals surface area (Å²) < 4.78 is 0. The minimum Gasteiger partial charge on any atom is -0.348 e. The number of nitrogens with zero attached hydrogens (tertiary/aromatic N) is 1. The third-order valence-electron chi connectivity index (χ3n) is 5.47. The van der Waals surface area contributed by atoms with Crippen LogP contribution in [0.15, 0.2) is 78.9 Å². The number of carbonyl (C=O) groups is 2. The number of benzene rings is 3. The van der Waals surface area contributed by atoms with E-state index in [1.807, 2.05) is 92.5 Å². The van der Waals surface area contributed by atoms with Crippen LogP contribution >= 0.6 is 11.6 Å². The molecule has 0 aliphatic rings. The van der Waals surface area contributed by atoms with Gasteiger partial charge in [0.15, 0.2) is 0 Å². The zero-order valence-electron chi connectivity index (χ0n) is 18.5. The lowest BCUT2D eigenvalue weighted by Gasteiger charge is -2.26. The molecule has 0 saturated heterocycles. The van der Waals surface area contributed by atoms with Gasteiger partial charge in [0, 0.05) is 22.3 Å². The average Bonchev–Trinajstić information content (AvgIpc) is 2.79. The van der Waals surface area contributed by atoms with Crippen LogP contribution in [0.2, 0.25) is 5.02 Å². The van der Waals surface area contributed by atoms with Crippen molar-refractivity contribution in [2.24, 2.45) is 0 Å². The maximum Gasteiger partial charge on any atom is 0.255 e. The van der Waals surface area contributed by atoms with Crippen molar-refractivity contribution in [2.75, 3.05) is 18.9 Å². The molecule has 0 unspecified atom stereocenters. The zero-order chi connectivity index (χ0) is 23.1. The van der Waals surface area contributed by atoms with Crippen LogP contribution in [-0.2, 0) is 4.79 Å². The van der Waals surface area contributed by atoms with Crippen LogP contribution in [0.5, 0.6) is 0 Å². The van der Waals surface area contributed by atoms with E-state index in [1.54, 1.807) is 12.1 Å². The number of nitrogens with one attached hydrogen (secondary N) is 2. The molecular formula is C26H28ClN3O2. The van der Waals surface area contributed by atoms with Crippen molar-refractivity contribution < 1.29 is 9.59 Å². The Morgan fingerprint density at radius 3 is 2.34 bits per heavy atom. The van der Waals surface area contributed by atoms with E-state index in [0.717, 1.165) is 11.1 Å². The lowest BCUT2D eigenvalue weighted by molar-refractivity contribution is -0.123. The number of likely N-dealkylation sites (N-methyl/N-ethyl adjacent to an activating group) is 1. The molecule has 0 aromatic heterocycles. The van der Waals surface area contributed by atoms with Crippen molar-refractivity contribution >= 4 is 29.1 Å². The fourth-order valence-corrected chi connectivity index (χ4v) is 3.78. The minimum atomic E-state index is -0.184. The Morgan fingerprint density at radius 2 is 1.62 bits per heavy atom. The third kappa shape index (κ3) is 6.19.